The van der Waals surface area contributed by atoms with Gasteiger partial charge in [0.2, 0.25) is 0 Å². The van der Waals surface area contributed by atoms with Gasteiger partial charge in [-0.25, -0.2) is 0 Å². The highest BCUT2D eigenvalue weighted by Crippen LogP contribution is 2.12. The van der Waals surface area contributed by atoms with Crippen LogP contribution < -0.4 is 4.74 Å². The van der Waals surface area contributed by atoms with E-state index >= 15 is 0 Å². The Labute approximate surface area is 133 Å². The molecular weight excluding hydrogens is 280 g/mol. The Kier molecular flexibility index (Phi) is 8.61. The Morgan fingerprint density at radius 1 is 0.762 bits per heavy atom. The van der Waals surface area contributed by atoms with Crippen LogP contribution in [0.25, 0.3) is 0 Å². The van der Waals surface area contributed by atoms with Crippen LogP contribution in [-0.4, -0.2) is 7.11 Å². The van der Waals surface area contributed by atoms with Crippen LogP contribution in [0.4, 0.5) is 0 Å². The van der Waals surface area contributed by atoms with E-state index in [0.717, 1.165) is 23.6 Å². The predicted molar refractivity (Wildman–Crippen MR) is 92.4 cm³/mol. The van der Waals surface area contributed by atoms with Crippen molar-refractivity contribution in [2.45, 2.75) is 39.5 Å². The third kappa shape index (κ3) is 7.19. The van der Waals surface area contributed by atoms with Crippen molar-refractivity contribution in [3.05, 3.63) is 64.7 Å². The molecule has 0 atom stereocenters. The Morgan fingerprint density at radius 2 is 1.19 bits per heavy atom. The minimum Gasteiger partial charge on any atom is -0.497 e. The molecule has 2 aromatic rings. The van der Waals surface area contributed by atoms with E-state index in [1.807, 2.05) is 24.3 Å². The number of hydrogen-bond donors (Lipinski definition) is 0. The van der Waals surface area contributed by atoms with Crippen molar-refractivity contribution >= 4 is 11.6 Å². The topological polar surface area (TPSA) is 9.23 Å². The van der Waals surface area contributed by atoms with Crippen LogP contribution in [0.3, 0.4) is 0 Å². The van der Waals surface area contributed by atoms with E-state index < -0.39 is 0 Å². The molecule has 2 aromatic carbocycles. The van der Waals surface area contributed by atoms with Gasteiger partial charge in [-0.1, -0.05) is 62.6 Å². The molecule has 0 aromatic heterocycles. The van der Waals surface area contributed by atoms with Crippen molar-refractivity contribution in [2.24, 2.45) is 0 Å². The summed E-state index contributed by atoms with van der Waals surface area (Å²) in [7, 11) is 1.69. The van der Waals surface area contributed by atoms with Gasteiger partial charge in [0.15, 0.2) is 0 Å². The molecule has 21 heavy (non-hydrogen) atoms. The molecule has 0 radical (unpaired) electrons. The normalized spacial score (nSPS) is 9.71. The third-order valence-electron chi connectivity index (χ3n) is 3.15. The van der Waals surface area contributed by atoms with Crippen LogP contribution in [0.2, 0.25) is 5.02 Å². The van der Waals surface area contributed by atoms with Gasteiger partial charge in [0.05, 0.1) is 7.11 Å². The summed E-state index contributed by atoms with van der Waals surface area (Å²) in [6.07, 6.45) is 4.70. The zero-order valence-corrected chi connectivity index (χ0v) is 14.0. The van der Waals surface area contributed by atoms with Crippen LogP contribution in [0.15, 0.2) is 48.5 Å². The van der Waals surface area contributed by atoms with Crippen molar-refractivity contribution < 1.29 is 4.74 Å². The van der Waals surface area contributed by atoms with Gasteiger partial charge in [0, 0.05) is 5.02 Å². The van der Waals surface area contributed by atoms with Gasteiger partial charge in [-0.2, -0.15) is 0 Å². The molecule has 0 spiro atoms. The second-order valence-corrected chi connectivity index (χ2v) is 5.41. The molecule has 114 valence electrons. The third-order valence-corrected chi connectivity index (χ3v) is 3.40. The summed E-state index contributed by atoms with van der Waals surface area (Å²) in [6, 6.07) is 16.3. The van der Waals surface area contributed by atoms with Crippen molar-refractivity contribution in [2.75, 3.05) is 7.11 Å². The molecule has 0 heterocycles. The first-order valence-corrected chi connectivity index (χ1v) is 7.94. The number of benzene rings is 2. The first-order valence-electron chi connectivity index (χ1n) is 7.57. The highest BCUT2D eigenvalue weighted by atomic mass is 35.5. The van der Waals surface area contributed by atoms with Gasteiger partial charge in [-0.05, 0) is 48.2 Å². The Balaban J connectivity index is 0.000000211. The van der Waals surface area contributed by atoms with Gasteiger partial charge in [-0.3, -0.25) is 0 Å². The molecular formula is C19H25ClO. The standard InChI is InChI=1S/C10H14O.C9H11Cl/c1-3-4-9-5-7-10(11-2)8-6-9;1-2-3-8-4-6-9(10)7-5-8/h5-8H,3-4H2,1-2H3;4-7H,2-3H2,1H3. The molecule has 0 N–H and O–H groups in total. The summed E-state index contributed by atoms with van der Waals surface area (Å²) in [5.74, 6) is 0.935. The van der Waals surface area contributed by atoms with Crippen molar-refractivity contribution in [3.8, 4) is 5.75 Å². The second-order valence-electron chi connectivity index (χ2n) is 4.97. The van der Waals surface area contributed by atoms with Crippen molar-refractivity contribution in [3.63, 3.8) is 0 Å². The quantitative estimate of drug-likeness (QED) is 0.664. The molecule has 0 saturated heterocycles. The van der Waals surface area contributed by atoms with E-state index in [4.69, 9.17) is 16.3 Å². The molecule has 0 amide bonds. The smallest absolute Gasteiger partial charge is 0.118 e. The maximum absolute atomic E-state index is 5.71. The lowest BCUT2D eigenvalue weighted by Crippen LogP contribution is -1.84. The number of rotatable bonds is 5. The maximum Gasteiger partial charge on any atom is 0.118 e. The Morgan fingerprint density at radius 3 is 1.57 bits per heavy atom. The molecule has 0 saturated carbocycles. The summed E-state index contributed by atoms with van der Waals surface area (Å²) in [6.45, 7) is 4.36. The van der Waals surface area contributed by atoms with Crippen LogP contribution in [0, 0.1) is 0 Å². The molecule has 2 heteroatoms. The average molecular weight is 305 g/mol. The summed E-state index contributed by atoms with van der Waals surface area (Å²) in [4.78, 5) is 0. The minimum absolute atomic E-state index is 0.819. The number of aryl methyl sites for hydroxylation is 2. The zero-order valence-electron chi connectivity index (χ0n) is 13.2. The van der Waals surface area contributed by atoms with Gasteiger partial charge in [0.1, 0.15) is 5.75 Å². The van der Waals surface area contributed by atoms with E-state index in [9.17, 15) is 0 Å². The summed E-state index contributed by atoms with van der Waals surface area (Å²) in [5.41, 5.74) is 2.75. The number of methoxy groups -OCH3 is 1. The number of hydrogen-bond acceptors (Lipinski definition) is 1. The molecule has 0 aliphatic heterocycles. The van der Waals surface area contributed by atoms with E-state index in [1.165, 1.54) is 24.0 Å². The van der Waals surface area contributed by atoms with E-state index in [2.05, 4.69) is 38.1 Å². The fraction of sp³-hybridized carbons (Fsp3) is 0.368. The lowest BCUT2D eigenvalue weighted by atomic mass is 10.1. The SMILES string of the molecule is CCCc1ccc(Cl)cc1.CCCc1ccc(OC)cc1. The summed E-state index contributed by atoms with van der Waals surface area (Å²) >= 11 is 5.71. The number of halogens is 1. The van der Waals surface area contributed by atoms with Crippen molar-refractivity contribution in [1.82, 2.24) is 0 Å². The molecule has 1 nitrogen and oxygen atoms in total. The molecule has 0 bridgehead atoms. The molecule has 2 rings (SSSR count). The minimum atomic E-state index is 0.819. The van der Waals surface area contributed by atoms with Crippen LogP contribution in [0.5, 0.6) is 5.75 Å². The van der Waals surface area contributed by atoms with Crippen LogP contribution in [0.1, 0.15) is 37.8 Å². The van der Waals surface area contributed by atoms with E-state index in [1.54, 1.807) is 7.11 Å². The Bertz CT molecular complexity index is 488. The Hall–Kier alpha value is -1.47. The van der Waals surface area contributed by atoms with Crippen LogP contribution >= 0.6 is 11.6 Å². The molecule has 0 aliphatic carbocycles. The molecule has 0 aliphatic rings. The number of ether oxygens (including phenoxy) is 1. The zero-order chi connectivity index (χ0) is 15.5. The second kappa shape index (κ2) is 10.3. The van der Waals surface area contributed by atoms with Gasteiger partial charge < -0.3 is 4.74 Å². The highest BCUT2D eigenvalue weighted by Gasteiger charge is 1.91. The summed E-state index contributed by atoms with van der Waals surface area (Å²) < 4.78 is 5.05. The summed E-state index contributed by atoms with van der Waals surface area (Å²) in [5, 5.41) is 0.819. The van der Waals surface area contributed by atoms with E-state index in [0.29, 0.717) is 0 Å². The first-order chi connectivity index (χ1) is 10.2. The van der Waals surface area contributed by atoms with Crippen LogP contribution in [-0.2, 0) is 12.8 Å². The fourth-order valence-electron chi connectivity index (χ4n) is 2.02. The van der Waals surface area contributed by atoms with E-state index in [-0.39, 0.29) is 0 Å². The lowest BCUT2D eigenvalue weighted by molar-refractivity contribution is 0.414. The molecule has 0 unspecified atom stereocenters. The fourth-order valence-corrected chi connectivity index (χ4v) is 2.15. The van der Waals surface area contributed by atoms with Gasteiger partial charge in [-0.15, -0.1) is 0 Å². The maximum atomic E-state index is 5.71. The van der Waals surface area contributed by atoms with Gasteiger partial charge >= 0.3 is 0 Å². The first kappa shape index (κ1) is 17.6. The monoisotopic (exact) mass is 304 g/mol. The largest absolute Gasteiger partial charge is 0.497 e. The van der Waals surface area contributed by atoms with Crippen molar-refractivity contribution in [1.29, 1.82) is 0 Å². The lowest BCUT2D eigenvalue weighted by Gasteiger charge is -2.00. The highest BCUT2D eigenvalue weighted by molar-refractivity contribution is 6.30. The predicted octanol–water partition coefficient (Wildman–Crippen LogP) is 5.94. The average Bonchev–Trinajstić information content (AvgIpc) is 2.52. The van der Waals surface area contributed by atoms with Gasteiger partial charge in [0.25, 0.3) is 0 Å². The molecule has 0 fully saturated rings.